The molecule has 0 bridgehead atoms. The molecule has 1 aromatic rings. The van der Waals surface area contributed by atoms with Gasteiger partial charge >= 0.3 is 0 Å². The minimum Gasteiger partial charge on any atom is -0.346 e. The number of hydrogen-bond donors (Lipinski definition) is 0. The standard InChI is InChI=1S/C19H28O2/c1-12-9-15-16(19(5,6)8-7-18(15,3)4)10-14(12)17-20-11-13(2)21-17/h9-10,13,17H,7-8,11H2,1-6H3. The molecule has 1 aliphatic carbocycles. The topological polar surface area (TPSA) is 18.5 Å². The molecular formula is C19H28O2. The van der Waals surface area contributed by atoms with E-state index in [-0.39, 0.29) is 23.2 Å². The first-order valence-electron chi connectivity index (χ1n) is 8.13. The largest absolute Gasteiger partial charge is 0.346 e. The fraction of sp³-hybridized carbons (Fsp3) is 0.684. The van der Waals surface area contributed by atoms with E-state index in [4.69, 9.17) is 9.47 Å². The van der Waals surface area contributed by atoms with Crippen LogP contribution >= 0.6 is 0 Å². The summed E-state index contributed by atoms with van der Waals surface area (Å²) in [5.74, 6) is 0. The molecule has 1 aliphatic heterocycles. The smallest absolute Gasteiger partial charge is 0.184 e. The molecule has 0 saturated carbocycles. The Labute approximate surface area is 128 Å². The Morgan fingerprint density at radius 3 is 2.10 bits per heavy atom. The van der Waals surface area contributed by atoms with Crippen LogP contribution in [-0.4, -0.2) is 12.7 Å². The van der Waals surface area contributed by atoms with E-state index in [1.165, 1.54) is 35.1 Å². The van der Waals surface area contributed by atoms with Gasteiger partial charge in [-0.3, -0.25) is 0 Å². The lowest BCUT2D eigenvalue weighted by Crippen LogP contribution is -2.34. The first kappa shape index (κ1) is 15.1. The van der Waals surface area contributed by atoms with Gasteiger partial charge in [0, 0.05) is 5.56 Å². The fourth-order valence-electron chi connectivity index (χ4n) is 3.67. The Balaban J connectivity index is 2.10. The minimum atomic E-state index is -0.189. The Morgan fingerprint density at radius 1 is 1.00 bits per heavy atom. The van der Waals surface area contributed by atoms with Crippen LogP contribution in [0.3, 0.4) is 0 Å². The van der Waals surface area contributed by atoms with Crippen molar-refractivity contribution in [3.05, 3.63) is 34.4 Å². The van der Waals surface area contributed by atoms with Gasteiger partial charge in [0.1, 0.15) is 0 Å². The highest BCUT2D eigenvalue weighted by Gasteiger charge is 2.38. The molecule has 2 heteroatoms. The first-order chi connectivity index (χ1) is 9.71. The quantitative estimate of drug-likeness (QED) is 0.740. The monoisotopic (exact) mass is 288 g/mol. The highest BCUT2D eigenvalue weighted by Crippen LogP contribution is 2.47. The third-order valence-electron chi connectivity index (χ3n) is 5.33. The van der Waals surface area contributed by atoms with Gasteiger partial charge in [0.2, 0.25) is 0 Å². The Morgan fingerprint density at radius 2 is 1.57 bits per heavy atom. The van der Waals surface area contributed by atoms with E-state index in [2.05, 4.69) is 53.7 Å². The molecule has 2 nitrogen and oxygen atoms in total. The molecule has 1 aromatic carbocycles. The summed E-state index contributed by atoms with van der Waals surface area (Å²) in [5.41, 5.74) is 5.98. The summed E-state index contributed by atoms with van der Waals surface area (Å²) in [4.78, 5) is 0. The van der Waals surface area contributed by atoms with Crippen LogP contribution in [0.15, 0.2) is 12.1 Å². The molecule has 1 fully saturated rings. The lowest BCUT2D eigenvalue weighted by atomic mass is 9.62. The van der Waals surface area contributed by atoms with Crippen LogP contribution < -0.4 is 0 Å². The van der Waals surface area contributed by atoms with Crippen molar-refractivity contribution >= 4 is 0 Å². The molecule has 0 radical (unpaired) electrons. The molecule has 0 amide bonds. The van der Waals surface area contributed by atoms with Crippen LogP contribution in [0.5, 0.6) is 0 Å². The summed E-state index contributed by atoms with van der Waals surface area (Å²) in [7, 11) is 0. The van der Waals surface area contributed by atoms with E-state index in [0.717, 1.165) is 0 Å². The molecule has 0 spiro atoms. The second kappa shape index (κ2) is 4.82. The van der Waals surface area contributed by atoms with Crippen LogP contribution in [0.2, 0.25) is 0 Å². The van der Waals surface area contributed by atoms with Crippen LogP contribution in [0, 0.1) is 6.92 Å². The van der Waals surface area contributed by atoms with E-state index in [9.17, 15) is 0 Å². The summed E-state index contributed by atoms with van der Waals surface area (Å²) >= 11 is 0. The lowest BCUT2D eigenvalue weighted by Gasteiger charge is -2.42. The third kappa shape index (κ3) is 2.53. The Hall–Kier alpha value is -0.860. The summed E-state index contributed by atoms with van der Waals surface area (Å²) in [5, 5.41) is 0. The highest BCUT2D eigenvalue weighted by atomic mass is 16.7. The van der Waals surface area contributed by atoms with E-state index in [0.29, 0.717) is 6.61 Å². The molecule has 2 unspecified atom stereocenters. The predicted molar refractivity (Wildman–Crippen MR) is 85.7 cm³/mol. The lowest BCUT2D eigenvalue weighted by molar-refractivity contribution is -0.0577. The Bertz CT molecular complexity index is 557. The maximum atomic E-state index is 5.92. The van der Waals surface area contributed by atoms with Gasteiger partial charge < -0.3 is 9.47 Å². The van der Waals surface area contributed by atoms with Crippen molar-refractivity contribution in [2.45, 2.75) is 77.6 Å². The van der Waals surface area contributed by atoms with Gasteiger partial charge in [0.25, 0.3) is 0 Å². The summed E-state index contributed by atoms with van der Waals surface area (Å²) in [6, 6.07) is 4.73. The van der Waals surface area contributed by atoms with Crippen LogP contribution in [0.25, 0.3) is 0 Å². The first-order valence-corrected chi connectivity index (χ1v) is 8.13. The van der Waals surface area contributed by atoms with Crippen LogP contribution in [-0.2, 0) is 20.3 Å². The predicted octanol–water partition coefficient (Wildman–Crippen LogP) is 4.78. The van der Waals surface area contributed by atoms with Crippen molar-refractivity contribution in [1.82, 2.24) is 0 Å². The SMILES string of the molecule is Cc1cc2c(cc1C1OCC(C)O1)C(C)(C)CCC2(C)C. The number of rotatable bonds is 1. The zero-order valence-corrected chi connectivity index (χ0v) is 14.2. The number of aryl methyl sites for hydroxylation is 1. The number of benzene rings is 1. The molecular weight excluding hydrogens is 260 g/mol. The molecule has 1 heterocycles. The molecule has 21 heavy (non-hydrogen) atoms. The summed E-state index contributed by atoms with van der Waals surface area (Å²) in [6.07, 6.45) is 2.48. The second-order valence-corrected chi connectivity index (χ2v) is 8.13. The van der Waals surface area contributed by atoms with E-state index in [1.807, 2.05) is 0 Å². The van der Waals surface area contributed by atoms with Crippen molar-refractivity contribution in [3.63, 3.8) is 0 Å². The summed E-state index contributed by atoms with van der Waals surface area (Å²) < 4.78 is 11.7. The minimum absolute atomic E-state index is 0.189. The van der Waals surface area contributed by atoms with Crippen molar-refractivity contribution < 1.29 is 9.47 Å². The zero-order chi connectivity index (χ0) is 15.4. The molecule has 0 aromatic heterocycles. The maximum absolute atomic E-state index is 5.92. The van der Waals surface area contributed by atoms with Crippen molar-refractivity contribution in [3.8, 4) is 0 Å². The summed E-state index contributed by atoms with van der Waals surface area (Å²) in [6.45, 7) is 14.4. The van der Waals surface area contributed by atoms with Crippen molar-refractivity contribution in [2.75, 3.05) is 6.61 Å². The molecule has 3 rings (SSSR count). The van der Waals surface area contributed by atoms with Gasteiger partial charge in [0.15, 0.2) is 6.29 Å². The van der Waals surface area contributed by atoms with Gasteiger partial charge in [-0.25, -0.2) is 0 Å². The molecule has 0 N–H and O–H groups in total. The molecule has 2 atom stereocenters. The average Bonchev–Trinajstić information content (AvgIpc) is 2.81. The third-order valence-corrected chi connectivity index (χ3v) is 5.33. The Kier molecular flexibility index (Phi) is 3.46. The fourth-order valence-corrected chi connectivity index (χ4v) is 3.67. The number of ether oxygens (including phenoxy) is 2. The van der Waals surface area contributed by atoms with Crippen molar-refractivity contribution in [2.24, 2.45) is 0 Å². The van der Waals surface area contributed by atoms with Gasteiger partial charge in [-0.1, -0.05) is 33.8 Å². The van der Waals surface area contributed by atoms with Gasteiger partial charge in [-0.2, -0.15) is 0 Å². The average molecular weight is 288 g/mol. The molecule has 116 valence electrons. The molecule has 1 saturated heterocycles. The van der Waals surface area contributed by atoms with Crippen LogP contribution in [0.1, 0.15) is 76.0 Å². The van der Waals surface area contributed by atoms with Crippen LogP contribution in [0.4, 0.5) is 0 Å². The molecule has 2 aliphatic rings. The van der Waals surface area contributed by atoms with E-state index >= 15 is 0 Å². The maximum Gasteiger partial charge on any atom is 0.184 e. The van der Waals surface area contributed by atoms with Gasteiger partial charge in [-0.15, -0.1) is 0 Å². The van der Waals surface area contributed by atoms with Gasteiger partial charge in [0.05, 0.1) is 12.7 Å². The highest BCUT2D eigenvalue weighted by molar-refractivity contribution is 5.47. The number of hydrogen-bond acceptors (Lipinski definition) is 2. The van der Waals surface area contributed by atoms with Crippen molar-refractivity contribution in [1.29, 1.82) is 0 Å². The van der Waals surface area contributed by atoms with E-state index < -0.39 is 0 Å². The normalized spacial score (nSPS) is 30.2. The van der Waals surface area contributed by atoms with Gasteiger partial charge in [-0.05, 0) is 60.3 Å². The zero-order valence-electron chi connectivity index (χ0n) is 14.2. The second-order valence-electron chi connectivity index (χ2n) is 8.13. The number of fused-ring (bicyclic) bond motifs is 1. The van der Waals surface area contributed by atoms with E-state index in [1.54, 1.807) is 0 Å².